The van der Waals surface area contributed by atoms with E-state index in [0.717, 1.165) is 5.56 Å². The third-order valence-electron chi connectivity index (χ3n) is 2.08. The Balaban J connectivity index is 0.00000128. The minimum absolute atomic E-state index is 0. The largest absolute Gasteiger partial charge is 1.00 e. The topological polar surface area (TPSA) is 37.0 Å². The van der Waals surface area contributed by atoms with Crippen LogP contribution in [0.4, 0.5) is 5.69 Å². The molecule has 2 rings (SSSR count). The van der Waals surface area contributed by atoms with E-state index in [1.165, 1.54) is 0 Å². The van der Waals surface area contributed by atoms with Crippen LogP contribution in [0.25, 0.3) is 0 Å². The molecule has 2 radical (unpaired) electrons. The van der Waals surface area contributed by atoms with Gasteiger partial charge in [-0.25, -0.2) is 4.99 Å². The van der Waals surface area contributed by atoms with E-state index >= 15 is 0 Å². The molecule has 0 heterocycles. The molecule has 0 saturated heterocycles. The van der Waals surface area contributed by atoms with Crippen LogP contribution in [0.3, 0.4) is 0 Å². The maximum Gasteiger partial charge on any atom is 0.195 e. The van der Waals surface area contributed by atoms with Gasteiger partial charge in [-0.3, -0.25) is 0 Å². The summed E-state index contributed by atoms with van der Waals surface area (Å²) in [6, 6.07) is 16.7. The van der Waals surface area contributed by atoms with Crippen LogP contribution in [0.5, 0.6) is 5.75 Å². The molecule has 2 aromatic carbocycles. The number of para-hydroxylation sites is 2. The molecule has 2 aromatic rings. The van der Waals surface area contributed by atoms with Gasteiger partial charge in [0, 0.05) is 11.6 Å². The molecular weight excluding hydrogens is 193 g/mol. The van der Waals surface area contributed by atoms with E-state index in [1.54, 1.807) is 18.2 Å². The van der Waals surface area contributed by atoms with Gasteiger partial charge < -0.3 is 24.0 Å². The first-order chi connectivity index (χ1) is 7.36. The van der Waals surface area contributed by atoms with Gasteiger partial charge in [0.15, 0.2) is 11.9 Å². The van der Waals surface area contributed by atoms with Crippen LogP contribution in [0.2, 0.25) is 0 Å². The summed E-state index contributed by atoms with van der Waals surface area (Å²) in [6.07, 6.45) is 1.82. The van der Waals surface area contributed by atoms with E-state index in [0.29, 0.717) is 5.69 Å². The second-order valence-corrected chi connectivity index (χ2v) is 3.20. The van der Waals surface area contributed by atoms with Crippen molar-refractivity contribution in [1.29, 1.82) is 0 Å². The van der Waals surface area contributed by atoms with Crippen molar-refractivity contribution < 1.29 is 10.1 Å². The molecule has 16 heavy (non-hydrogen) atoms. The molecule has 0 spiro atoms. The maximum atomic E-state index is 11.4. The van der Waals surface area contributed by atoms with Crippen LogP contribution in [-0.4, -0.2) is 25.1 Å². The Morgan fingerprint density at radius 3 is 2.19 bits per heavy atom. The summed E-state index contributed by atoms with van der Waals surface area (Å²) in [5.74, 6) is 0.00433. The molecule has 0 bridgehead atoms. The number of hydrogen-bond donors (Lipinski definition) is 1. The van der Waals surface area contributed by atoms with Crippen molar-refractivity contribution >= 4 is 30.8 Å². The van der Waals surface area contributed by atoms with E-state index < -0.39 is 0 Å². The Morgan fingerprint density at radius 2 is 1.50 bits per heavy atom. The molecule has 0 aliphatic heterocycles. The molecule has 1 N–H and O–H groups in total. The smallest absolute Gasteiger partial charge is 0.195 e. The van der Waals surface area contributed by atoms with Crippen LogP contribution in [0.15, 0.2) is 54.6 Å². The van der Waals surface area contributed by atoms with Crippen LogP contribution < -0.4 is 10.1 Å². The fraction of sp³-hybridized carbons (Fsp3) is 0. The summed E-state index contributed by atoms with van der Waals surface area (Å²) >= 11 is 0. The molecule has 0 saturated carbocycles. The molecule has 0 aromatic heterocycles. The molecule has 3 heteroatoms. The molecule has 0 amide bonds. The van der Waals surface area contributed by atoms with Crippen molar-refractivity contribution in [1.82, 2.24) is 0 Å². The SMILES string of the molecule is [Li-].[O-]c1ccccc1[NH+]=Cc1ccccc1. The fourth-order valence-corrected chi connectivity index (χ4v) is 1.30. The zero-order chi connectivity index (χ0) is 10.5. The number of benzene rings is 2. The fourth-order valence-electron chi connectivity index (χ4n) is 1.30. The minimum Gasteiger partial charge on any atom is -1.00 e. The van der Waals surface area contributed by atoms with E-state index in [2.05, 4.69) is 4.99 Å². The first kappa shape index (κ1) is 12.6. The average Bonchev–Trinajstić information content (AvgIpc) is 2.29. The van der Waals surface area contributed by atoms with Crippen molar-refractivity contribution in [2.24, 2.45) is 0 Å². The summed E-state index contributed by atoms with van der Waals surface area (Å²) in [4.78, 5) is 2.99. The summed E-state index contributed by atoms with van der Waals surface area (Å²) in [7, 11) is 0. The normalized spacial score (nSPS) is 10.0. The van der Waals surface area contributed by atoms with Gasteiger partial charge in [-0.15, -0.1) is 0 Å². The van der Waals surface area contributed by atoms with Crippen molar-refractivity contribution in [3.63, 3.8) is 0 Å². The third kappa shape index (κ3) is 3.27. The summed E-state index contributed by atoms with van der Waals surface area (Å²) in [5, 5.41) is 11.4. The zero-order valence-electron chi connectivity index (χ0n) is 9.18. The maximum absolute atomic E-state index is 11.4. The van der Waals surface area contributed by atoms with Gasteiger partial charge in [-0.1, -0.05) is 36.4 Å². The number of rotatable bonds is 2. The zero-order valence-corrected chi connectivity index (χ0v) is 9.18. The predicted molar refractivity (Wildman–Crippen MR) is 63.9 cm³/mol. The Kier molecular flexibility index (Phi) is 4.85. The van der Waals surface area contributed by atoms with E-state index in [4.69, 9.17) is 0 Å². The van der Waals surface area contributed by atoms with Gasteiger partial charge in [0.2, 0.25) is 0 Å². The van der Waals surface area contributed by atoms with E-state index in [9.17, 15) is 5.11 Å². The Bertz CT molecular complexity index is 468. The average molecular weight is 204 g/mol. The first-order valence-corrected chi connectivity index (χ1v) is 4.77. The van der Waals surface area contributed by atoms with Crippen LogP contribution in [0, 0.1) is 0 Å². The molecule has 0 atom stereocenters. The molecule has 0 fully saturated rings. The predicted octanol–water partition coefficient (Wildman–Crippen LogP) is 0.211. The summed E-state index contributed by atoms with van der Waals surface area (Å²) in [5.41, 5.74) is 1.64. The van der Waals surface area contributed by atoms with Gasteiger partial charge in [-0.05, 0) is 17.9 Å². The molecule has 2 nitrogen and oxygen atoms in total. The Labute approximate surface area is 107 Å². The monoisotopic (exact) mass is 204 g/mol. The minimum atomic E-state index is 0. The van der Waals surface area contributed by atoms with E-state index in [1.807, 2.05) is 42.6 Å². The van der Waals surface area contributed by atoms with Gasteiger partial charge >= 0.3 is 0 Å². The Morgan fingerprint density at radius 1 is 0.875 bits per heavy atom. The van der Waals surface area contributed by atoms with Crippen molar-refractivity contribution in [3.05, 3.63) is 60.2 Å². The van der Waals surface area contributed by atoms with E-state index in [-0.39, 0.29) is 24.6 Å². The number of nitrogens with one attached hydrogen (secondary N) is 1. The molecule has 0 aliphatic rings. The van der Waals surface area contributed by atoms with Crippen molar-refractivity contribution in [3.8, 4) is 5.75 Å². The third-order valence-corrected chi connectivity index (χ3v) is 2.08. The first-order valence-electron chi connectivity index (χ1n) is 4.77. The van der Waals surface area contributed by atoms with Gasteiger partial charge in [0.1, 0.15) is 0 Å². The number of hydrogen-bond acceptors (Lipinski definition) is 1. The molecular formula is C13H11LiNO-. The van der Waals surface area contributed by atoms with Crippen LogP contribution in [0.1, 0.15) is 5.56 Å². The van der Waals surface area contributed by atoms with Crippen LogP contribution >= 0.6 is 0 Å². The van der Waals surface area contributed by atoms with Crippen LogP contribution in [-0.2, 0) is 0 Å². The molecule has 76 valence electrons. The quantitative estimate of drug-likeness (QED) is 0.551. The van der Waals surface area contributed by atoms with Crippen molar-refractivity contribution in [2.75, 3.05) is 0 Å². The standard InChI is InChI=1S/C13H11NO.Li/c15-13-9-5-4-8-12(13)14-10-11-6-2-1-3-7-11;/h1-10,15H;/q;-1. The second kappa shape index (κ2) is 6.17. The summed E-state index contributed by atoms with van der Waals surface area (Å²) < 4.78 is 0. The summed E-state index contributed by atoms with van der Waals surface area (Å²) in [6.45, 7) is 0. The molecule has 0 unspecified atom stereocenters. The Hall–Kier alpha value is -1.49. The second-order valence-electron chi connectivity index (χ2n) is 3.20. The van der Waals surface area contributed by atoms with Crippen molar-refractivity contribution in [2.45, 2.75) is 0 Å². The van der Waals surface area contributed by atoms with Gasteiger partial charge in [-0.2, -0.15) is 0 Å². The van der Waals surface area contributed by atoms with Gasteiger partial charge in [0.25, 0.3) is 0 Å². The molecule has 0 aliphatic carbocycles. The van der Waals surface area contributed by atoms with Gasteiger partial charge in [0.05, 0.1) is 0 Å².